The van der Waals surface area contributed by atoms with Crippen LogP contribution in [0.3, 0.4) is 0 Å². The average molecular weight is 302 g/mol. The van der Waals surface area contributed by atoms with Crippen molar-refractivity contribution in [3.63, 3.8) is 0 Å². The van der Waals surface area contributed by atoms with Crippen LogP contribution in [0.15, 0.2) is 18.3 Å². The number of likely N-dealkylation sites (tertiary alicyclic amines) is 1. The van der Waals surface area contributed by atoms with Crippen LogP contribution in [0.25, 0.3) is 11.2 Å². The molecule has 1 fully saturated rings. The van der Waals surface area contributed by atoms with E-state index in [4.69, 9.17) is 9.72 Å². The number of fused-ring (bicyclic) bond motifs is 1. The molecule has 0 bridgehead atoms. The van der Waals surface area contributed by atoms with Gasteiger partial charge in [-0.05, 0) is 58.0 Å². The van der Waals surface area contributed by atoms with Crippen LogP contribution < -0.4 is 0 Å². The summed E-state index contributed by atoms with van der Waals surface area (Å²) in [6, 6.07) is 4.00. The molecular weight excluding hydrogens is 276 g/mol. The first-order valence-corrected chi connectivity index (χ1v) is 8.48. The maximum atomic E-state index is 5.51. The minimum Gasteiger partial charge on any atom is -0.380 e. The van der Waals surface area contributed by atoms with Crippen LogP contribution in [-0.2, 0) is 17.7 Å². The van der Waals surface area contributed by atoms with Gasteiger partial charge >= 0.3 is 0 Å². The van der Waals surface area contributed by atoms with Crippen molar-refractivity contribution in [1.82, 2.24) is 19.4 Å². The molecule has 0 aromatic carbocycles. The number of aryl methyl sites for hydroxylation is 1. The Morgan fingerprint density at radius 3 is 2.91 bits per heavy atom. The first-order valence-electron chi connectivity index (χ1n) is 8.48. The lowest BCUT2D eigenvalue weighted by Gasteiger charge is -2.14. The molecule has 5 nitrogen and oxygen atoms in total. The summed E-state index contributed by atoms with van der Waals surface area (Å²) in [7, 11) is 0. The first-order chi connectivity index (χ1) is 10.9. The minimum atomic E-state index is 0.720. The van der Waals surface area contributed by atoms with E-state index in [2.05, 4.69) is 14.5 Å². The molecule has 22 heavy (non-hydrogen) atoms. The van der Waals surface area contributed by atoms with Gasteiger partial charge in [-0.15, -0.1) is 0 Å². The normalized spacial score (nSPS) is 15.9. The standard InChI is InChI=1S/C17H26N4O/c1-2-22-14-13-21-16(8-6-12-20-10-3-4-11-20)19-15-7-5-9-18-17(15)21/h5,7,9H,2-4,6,8,10-14H2,1H3. The Morgan fingerprint density at radius 2 is 2.09 bits per heavy atom. The third-order valence-corrected chi connectivity index (χ3v) is 4.32. The molecule has 3 heterocycles. The van der Waals surface area contributed by atoms with Gasteiger partial charge in [0.05, 0.1) is 6.61 Å². The second-order valence-electron chi connectivity index (χ2n) is 5.88. The molecule has 1 aliphatic heterocycles. The highest BCUT2D eigenvalue weighted by molar-refractivity contribution is 5.71. The number of pyridine rings is 1. The van der Waals surface area contributed by atoms with E-state index in [9.17, 15) is 0 Å². The largest absolute Gasteiger partial charge is 0.380 e. The van der Waals surface area contributed by atoms with E-state index in [1.54, 1.807) is 0 Å². The maximum absolute atomic E-state index is 5.51. The van der Waals surface area contributed by atoms with Crippen LogP contribution in [0.5, 0.6) is 0 Å². The molecule has 0 spiro atoms. The lowest BCUT2D eigenvalue weighted by atomic mass is 10.3. The Morgan fingerprint density at radius 1 is 1.23 bits per heavy atom. The zero-order chi connectivity index (χ0) is 15.2. The molecule has 1 aliphatic rings. The van der Waals surface area contributed by atoms with Crippen LogP contribution in [0.1, 0.15) is 32.0 Å². The highest BCUT2D eigenvalue weighted by Crippen LogP contribution is 2.16. The van der Waals surface area contributed by atoms with Gasteiger partial charge in [0.2, 0.25) is 0 Å². The van der Waals surface area contributed by atoms with Gasteiger partial charge < -0.3 is 14.2 Å². The van der Waals surface area contributed by atoms with E-state index in [1.807, 2.05) is 25.3 Å². The fourth-order valence-electron chi connectivity index (χ4n) is 3.20. The third kappa shape index (κ3) is 3.65. The zero-order valence-corrected chi connectivity index (χ0v) is 13.5. The van der Waals surface area contributed by atoms with Gasteiger partial charge in [0.1, 0.15) is 11.3 Å². The van der Waals surface area contributed by atoms with Crippen molar-refractivity contribution < 1.29 is 4.74 Å². The molecule has 120 valence electrons. The van der Waals surface area contributed by atoms with Gasteiger partial charge in [0.15, 0.2) is 5.65 Å². The molecule has 0 radical (unpaired) electrons. The Bertz CT molecular complexity index is 589. The minimum absolute atomic E-state index is 0.720. The molecule has 2 aromatic rings. The summed E-state index contributed by atoms with van der Waals surface area (Å²) in [5, 5.41) is 0. The van der Waals surface area contributed by atoms with Crippen LogP contribution in [0.4, 0.5) is 0 Å². The number of nitrogens with zero attached hydrogens (tertiary/aromatic N) is 4. The number of imidazole rings is 1. The zero-order valence-electron chi connectivity index (χ0n) is 13.5. The SMILES string of the molecule is CCOCCn1c(CCCN2CCCC2)nc2cccnc21. The van der Waals surface area contributed by atoms with E-state index < -0.39 is 0 Å². The van der Waals surface area contributed by atoms with Gasteiger partial charge in [0, 0.05) is 25.8 Å². The van der Waals surface area contributed by atoms with Crippen LogP contribution in [-0.4, -0.2) is 52.3 Å². The van der Waals surface area contributed by atoms with Gasteiger partial charge in [-0.2, -0.15) is 0 Å². The maximum Gasteiger partial charge on any atom is 0.160 e. The molecule has 1 saturated heterocycles. The van der Waals surface area contributed by atoms with E-state index in [-0.39, 0.29) is 0 Å². The van der Waals surface area contributed by atoms with Crippen molar-refractivity contribution in [2.75, 3.05) is 32.8 Å². The molecule has 2 aromatic heterocycles. The lowest BCUT2D eigenvalue weighted by Crippen LogP contribution is -2.21. The van der Waals surface area contributed by atoms with Crippen LogP contribution in [0.2, 0.25) is 0 Å². The van der Waals surface area contributed by atoms with Crippen LogP contribution >= 0.6 is 0 Å². The molecule has 0 atom stereocenters. The fraction of sp³-hybridized carbons (Fsp3) is 0.647. The predicted molar refractivity (Wildman–Crippen MR) is 88.0 cm³/mol. The monoisotopic (exact) mass is 302 g/mol. The van der Waals surface area contributed by atoms with Gasteiger partial charge in [-0.1, -0.05) is 0 Å². The topological polar surface area (TPSA) is 43.2 Å². The number of ether oxygens (including phenoxy) is 1. The summed E-state index contributed by atoms with van der Waals surface area (Å²) in [4.78, 5) is 11.8. The first kappa shape index (κ1) is 15.4. The Labute approximate surface area is 132 Å². The van der Waals surface area contributed by atoms with Crippen LogP contribution in [0, 0.1) is 0 Å². The van der Waals surface area contributed by atoms with Crippen molar-refractivity contribution in [1.29, 1.82) is 0 Å². The predicted octanol–water partition coefficient (Wildman–Crippen LogP) is 2.50. The summed E-state index contributed by atoms with van der Waals surface area (Å²) >= 11 is 0. The molecule has 0 saturated carbocycles. The van der Waals surface area contributed by atoms with Crippen molar-refractivity contribution >= 4 is 11.2 Å². The van der Waals surface area contributed by atoms with Crippen molar-refractivity contribution in [2.45, 2.75) is 39.2 Å². The summed E-state index contributed by atoms with van der Waals surface area (Å²) in [5.74, 6) is 1.15. The second kappa shape index (κ2) is 7.70. The second-order valence-corrected chi connectivity index (χ2v) is 5.88. The number of aromatic nitrogens is 3. The molecule has 0 amide bonds. The molecule has 0 aliphatic carbocycles. The number of hydrogen-bond donors (Lipinski definition) is 0. The summed E-state index contributed by atoms with van der Waals surface area (Å²) < 4.78 is 7.74. The van der Waals surface area contributed by atoms with Crippen molar-refractivity contribution in [3.05, 3.63) is 24.2 Å². The Balaban J connectivity index is 1.67. The van der Waals surface area contributed by atoms with E-state index in [1.165, 1.54) is 32.5 Å². The summed E-state index contributed by atoms with van der Waals surface area (Å²) in [6.07, 6.45) is 6.74. The molecular formula is C17H26N4O. The molecule has 5 heteroatoms. The Kier molecular flexibility index (Phi) is 5.40. The van der Waals surface area contributed by atoms with Crippen molar-refractivity contribution in [2.24, 2.45) is 0 Å². The van der Waals surface area contributed by atoms with E-state index in [0.717, 1.165) is 49.6 Å². The van der Waals surface area contributed by atoms with Gasteiger partial charge in [-0.25, -0.2) is 9.97 Å². The van der Waals surface area contributed by atoms with Gasteiger partial charge in [-0.3, -0.25) is 0 Å². The average Bonchev–Trinajstić information content (AvgIpc) is 3.16. The van der Waals surface area contributed by atoms with E-state index >= 15 is 0 Å². The molecule has 3 rings (SSSR count). The quantitative estimate of drug-likeness (QED) is 0.703. The highest BCUT2D eigenvalue weighted by atomic mass is 16.5. The highest BCUT2D eigenvalue weighted by Gasteiger charge is 2.14. The number of hydrogen-bond acceptors (Lipinski definition) is 4. The summed E-state index contributed by atoms with van der Waals surface area (Å²) in [6.45, 7) is 8.05. The lowest BCUT2D eigenvalue weighted by molar-refractivity contribution is 0.139. The van der Waals surface area contributed by atoms with E-state index in [0.29, 0.717) is 0 Å². The van der Waals surface area contributed by atoms with Crippen molar-refractivity contribution in [3.8, 4) is 0 Å². The third-order valence-electron chi connectivity index (χ3n) is 4.32. The summed E-state index contributed by atoms with van der Waals surface area (Å²) in [5.41, 5.74) is 1.98. The molecule has 0 unspecified atom stereocenters. The molecule has 0 N–H and O–H groups in total. The van der Waals surface area contributed by atoms with Gasteiger partial charge in [0.25, 0.3) is 0 Å². The Hall–Kier alpha value is -1.46. The fourth-order valence-corrected chi connectivity index (χ4v) is 3.20. The number of rotatable bonds is 8. The smallest absolute Gasteiger partial charge is 0.160 e.